The van der Waals surface area contributed by atoms with E-state index in [4.69, 9.17) is 18.6 Å². The van der Waals surface area contributed by atoms with Gasteiger partial charge in [0.25, 0.3) is 0 Å². The number of carboxylic acid groups (broad SMARTS) is 1. The number of aliphatic carboxylic acids is 1. The number of carboxylic acids is 1. The van der Waals surface area contributed by atoms with E-state index in [-0.39, 0.29) is 11.0 Å². The first-order valence-electron chi connectivity index (χ1n) is 10.7. The van der Waals surface area contributed by atoms with Crippen LogP contribution in [0.4, 0.5) is 5.69 Å². The topological polar surface area (TPSA) is 86.3 Å². The van der Waals surface area contributed by atoms with Crippen LogP contribution in [0.1, 0.15) is 37.9 Å². The van der Waals surface area contributed by atoms with Crippen LogP contribution in [-0.2, 0) is 10.2 Å². The molecule has 0 fully saturated rings. The number of benzene rings is 2. The van der Waals surface area contributed by atoms with Crippen molar-refractivity contribution in [1.29, 1.82) is 0 Å². The van der Waals surface area contributed by atoms with Gasteiger partial charge in [-0.3, -0.25) is 0 Å². The lowest BCUT2D eigenvalue weighted by Gasteiger charge is -2.30. The van der Waals surface area contributed by atoms with Crippen molar-refractivity contribution in [2.24, 2.45) is 0 Å². The summed E-state index contributed by atoms with van der Waals surface area (Å²) in [5.41, 5.74) is 2.10. The SMILES string of the molecule is C=C(C(=O)O)C(Nc1cc(OC)c(OC)c(OC)c1)c1cccc(C(C)(C)C)c1O[SiH](C)C. The number of nitrogens with one attached hydrogen (secondary N) is 1. The van der Waals surface area contributed by atoms with E-state index in [1.807, 2.05) is 18.2 Å². The Morgan fingerprint density at radius 1 is 1.03 bits per heavy atom. The second kappa shape index (κ2) is 10.7. The molecule has 0 aliphatic carbocycles. The van der Waals surface area contributed by atoms with Crippen LogP contribution >= 0.6 is 0 Å². The molecule has 2 aromatic rings. The van der Waals surface area contributed by atoms with Crippen LogP contribution in [0.2, 0.25) is 13.1 Å². The van der Waals surface area contributed by atoms with E-state index < -0.39 is 21.1 Å². The lowest BCUT2D eigenvalue weighted by Crippen LogP contribution is -2.24. The fraction of sp³-hybridized carbons (Fsp3) is 0.400. The molecule has 7 nitrogen and oxygen atoms in total. The highest BCUT2D eigenvalue weighted by Gasteiger charge is 2.29. The number of rotatable bonds is 10. The first-order valence-corrected chi connectivity index (χ1v) is 13.5. The number of methoxy groups -OCH3 is 3. The molecular weight excluding hydrogens is 438 g/mol. The predicted octanol–water partition coefficient (Wildman–Crippen LogP) is 5.17. The molecule has 33 heavy (non-hydrogen) atoms. The third-order valence-electron chi connectivity index (χ3n) is 5.12. The van der Waals surface area contributed by atoms with E-state index in [2.05, 4.69) is 45.8 Å². The first kappa shape index (κ1) is 26.1. The standard InChI is InChI=1S/C25H35NO6Si/c1-15(24(27)28)21(26-16-13-19(29-5)23(31-7)20(14-16)30-6)17-11-10-12-18(25(2,3)4)22(17)32-33(8)9/h10-14,21,26,33H,1H2,2-9H3,(H,27,28). The Hall–Kier alpha value is -3.13. The van der Waals surface area contributed by atoms with Gasteiger partial charge in [0, 0.05) is 23.4 Å². The second-order valence-corrected chi connectivity index (χ2v) is 11.3. The fourth-order valence-corrected chi connectivity index (χ4v) is 4.28. The van der Waals surface area contributed by atoms with Crippen LogP contribution in [0.5, 0.6) is 23.0 Å². The second-order valence-electron chi connectivity index (χ2n) is 8.96. The van der Waals surface area contributed by atoms with E-state index >= 15 is 0 Å². The van der Waals surface area contributed by atoms with E-state index in [9.17, 15) is 9.90 Å². The Morgan fingerprint density at radius 3 is 2.03 bits per heavy atom. The smallest absolute Gasteiger partial charge is 0.333 e. The minimum Gasteiger partial charge on any atom is -0.547 e. The van der Waals surface area contributed by atoms with Gasteiger partial charge in [-0.25, -0.2) is 4.79 Å². The van der Waals surface area contributed by atoms with Gasteiger partial charge in [0.05, 0.1) is 32.9 Å². The van der Waals surface area contributed by atoms with Crippen molar-refractivity contribution in [3.05, 3.63) is 53.6 Å². The molecule has 2 N–H and O–H groups in total. The highest BCUT2D eigenvalue weighted by molar-refractivity contribution is 6.49. The lowest BCUT2D eigenvalue weighted by atomic mass is 9.83. The van der Waals surface area contributed by atoms with Crippen molar-refractivity contribution in [2.45, 2.75) is 45.3 Å². The van der Waals surface area contributed by atoms with Crippen LogP contribution in [0.3, 0.4) is 0 Å². The van der Waals surface area contributed by atoms with Crippen LogP contribution < -0.4 is 24.0 Å². The van der Waals surface area contributed by atoms with Gasteiger partial charge in [0.1, 0.15) is 5.75 Å². The predicted molar refractivity (Wildman–Crippen MR) is 134 cm³/mol. The molecule has 180 valence electrons. The van der Waals surface area contributed by atoms with Crippen molar-refractivity contribution >= 4 is 20.7 Å². The summed E-state index contributed by atoms with van der Waals surface area (Å²) in [6, 6.07) is 8.53. The van der Waals surface area contributed by atoms with E-state index in [0.29, 0.717) is 34.2 Å². The third kappa shape index (κ3) is 6.01. The van der Waals surface area contributed by atoms with Crippen LogP contribution in [0.15, 0.2) is 42.5 Å². The minimum absolute atomic E-state index is 0.00918. The van der Waals surface area contributed by atoms with Gasteiger partial charge < -0.3 is 29.1 Å². The fourth-order valence-electron chi connectivity index (χ4n) is 3.55. The quantitative estimate of drug-likeness (QED) is 0.364. The van der Waals surface area contributed by atoms with E-state index in [0.717, 1.165) is 5.56 Å². The van der Waals surface area contributed by atoms with Crippen molar-refractivity contribution in [3.63, 3.8) is 0 Å². The summed E-state index contributed by atoms with van der Waals surface area (Å²) in [6.45, 7) is 14.3. The van der Waals surface area contributed by atoms with Gasteiger partial charge >= 0.3 is 5.97 Å². The summed E-state index contributed by atoms with van der Waals surface area (Å²) >= 11 is 0. The van der Waals surface area contributed by atoms with Gasteiger partial charge in [-0.2, -0.15) is 0 Å². The average molecular weight is 474 g/mol. The normalized spacial score (nSPS) is 12.2. The molecule has 0 spiro atoms. The Labute approximate surface area is 198 Å². The van der Waals surface area contributed by atoms with Crippen LogP contribution in [0.25, 0.3) is 0 Å². The molecule has 0 heterocycles. The maximum atomic E-state index is 12.0. The molecule has 0 saturated heterocycles. The molecule has 0 aliphatic rings. The molecule has 0 amide bonds. The Kier molecular flexibility index (Phi) is 8.43. The molecule has 0 bridgehead atoms. The Morgan fingerprint density at radius 2 is 1.61 bits per heavy atom. The van der Waals surface area contributed by atoms with Gasteiger partial charge in [-0.1, -0.05) is 45.5 Å². The van der Waals surface area contributed by atoms with Crippen molar-refractivity contribution < 1.29 is 28.5 Å². The van der Waals surface area contributed by atoms with E-state index in [1.54, 1.807) is 12.1 Å². The summed E-state index contributed by atoms with van der Waals surface area (Å²) in [6.07, 6.45) is 0. The lowest BCUT2D eigenvalue weighted by molar-refractivity contribution is -0.132. The maximum absolute atomic E-state index is 12.0. The van der Waals surface area contributed by atoms with E-state index in [1.165, 1.54) is 21.3 Å². The zero-order valence-corrected chi connectivity index (χ0v) is 21.9. The van der Waals surface area contributed by atoms with Gasteiger partial charge in [0.2, 0.25) is 14.8 Å². The highest BCUT2D eigenvalue weighted by atomic mass is 28.3. The molecule has 1 atom stereocenters. The summed E-state index contributed by atoms with van der Waals surface area (Å²) < 4.78 is 22.7. The van der Waals surface area contributed by atoms with Crippen LogP contribution in [-0.4, -0.2) is 41.4 Å². The summed E-state index contributed by atoms with van der Waals surface area (Å²) in [5.74, 6) is 0.957. The molecule has 1 unspecified atom stereocenters. The number of ether oxygens (including phenoxy) is 3. The third-order valence-corrected chi connectivity index (χ3v) is 5.82. The molecule has 0 aromatic heterocycles. The number of anilines is 1. The minimum atomic E-state index is -1.51. The summed E-state index contributed by atoms with van der Waals surface area (Å²) in [5, 5.41) is 13.1. The Bertz CT molecular complexity index is 987. The maximum Gasteiger partial charge on any atom is 0.333 e. The largest absolute Gasteiger partial charge is 0.547 e. The summed E-state index contributed by atoms with van der Waals surface area (Å²) in [7, 11) is 3.08. The van der Waals surface area contributed by atoms with Gasteiger partial charge in [-0.05, 0) is 24.1 Å². The average Bonchev–Trinajstić information content (AvgIpc) is 2.75. The molecule has 8 heteroatoms. The molecule has 0 aliphatic heterocycles. The highest BCUT2D eigenvalue weighted by Crippen LogP contribution is 2.43. The van der Waals surface area contributed by atoms with Crippen molar-refractivity contribution in [1.82, 2.24) is 0 Å². The molecule has 0 saturated carbocycles. The van der Waals surface area contributed by atoms with Crippen LogP contribution in [0, 0.1) is 0 Å². The molecule has 0 radical (unpaired) electrons. The first-order chi connectivity index (χ1) is 15.4. The zero-order chi connectivity index (χ0) is 24.9. The molecule has 2 aromatic carbocycles. The van der Waals surface area contributed by atoms with Gasteiger partial charge in [-0.15, -0.1) is 0 Å². The molecule has 2 rings (SSSR count). The monoisotopic (exact) mass is 473 g/mol. The zero-order valence-electron chi connectivity index (χ0n) is 20.7. The number of hydrogen-bond donors (Lipinski definition) is 2. The Balaban J connectivity index is 2.71. The summed E-state index contributed by atoms with van der Waals surface area (Å²) in [4.78, 5) is 12.0. The van der Waals surface area contributed by atoms with Crippen molar-refractivity contribution in [3.8, 4) is 23.0 Å². The van der Waals surface area contributed by atoms with Crippen molar-refractivity contribution in [2.75, 3.05) is 26.6 Å². The van der Waals surface area contributed by atoms with Gasteiger partial charge in [0.15, 0.2) is 11.5 Å². The number of para-hydroxylation sites is 1. The molecular formula is C25H35NO6Si. The number of carbonyl (C=O) groups is 1. The number of hydrogen-bond acceptors (Lipinski definition) is 6.